The van der Waals surface area contributed by atoms with E-state index in [1.54, 1.807) is 0 Å². The van der Waals surface area contributed by atoms with Crippen molar-refractivity contribution in [3.63, 3.8) is 0 Å². The van der Waals surface area contributed by atoms with Gasteiger partial charge in [-0.2, -0.15) is 0 Å². The number of amides is 1. The van der Waals surface area contributed by atoms with Crippen LogP contribution < -0.4 is 16.0 Å². The van der Waals surface area contributed by atoms with Gasteiger partial charge in [0, 0.05) is 39.3 Å². The molecule has 7 heteroatoms. The summed E-state index contributed by atoms with van der Waals surface area (Å²) in [7, 11) is 1.82. The van der Waals surface area contributed by atoms with Crippen molar-refractivity contribution < 1.29 is 4.79 Å². The first-order valence-electron chi connectivity index (χ1n) is 10.5. The normalized spacial score (nSPS) is 16.6. The van der Waals surface area contributed by atoms with E-state index in [1.165, 1.54) is 11.1 Å². The molecule has 1 heterocycles. The number of guanidine groups is 1. The van der Waals surface area contributed by atoms with Crippen LogP contribution in [0.3, 0.4) is 0 Å². The van der Waals surface area contributed by atoms with Gasteiger partial charge >= 0.3 is 0 Å². The number of piperidine rings is 1. The van der Waals surface area contributed by atoms with Crippen LogP contribution >= 0.6 is 24.0 Å². The zero-order chi connectivity index (χ0) is 20.4. The Balaban J connectivity index is 0.00000420. The van der Waals surface area contributed by atoms with Crippen molar-refractivity contribution in [1.82, 2.24) is 20.9 Å². The fourth-order valence-corrected chi connectivity index (χ4v) is 3.41. The van der Waals surface area contributed by atoms with Crippen molar-refractivity contribution in [2.45, 2.75) is 52.0 Å². The number of benzene rings is 1. The Hall–Kier alpha value is -1.35. The molecule has 1 unspecified atom stereocenters. The first-order chi connectivity index (χ1) is 13.5. The molecule has 0 bridgehead atoms. The maximum absolute atomic E-state index is 11.9. The lowest BCUT2D eigenvalue weighted by Gasteiger charge is -2.32. The lowest BCUT2D eigenvalue weighted by molar-refractivity contribution is -0.122. The first-order valence-corrected chi connectivity index (χ1v) is 10.5. The highest BCUT2D eigenvalue weighted by atomic mass is 127. The Bertz CT molecular complexity index is 627. The number of aliphatic imine (C=N–C) groups is 1. The third-order valence-corrected chi connectivity index (χ3v) is 5.31. The summed E-state index contributed by atoms with van der Waals surface area (Å²) in [6, 6.07) is 9.12. The van der Waals surface area contributed by atoms with Crippen LogP contribution in [0.1, 0.15) is 50.2 Å². The Labute approximate surface area is 193 Å². The van der Waals surface area contributed by atoms with Gasteiger partial charge in [0.05, 0.1) is 6.54 Å². The summed E-state index contributed by atoms with van der Waals surface area (Å²) < 4.78 is 0. The molecule has 1 fully saturated rings. The molecule has 1 saturated heterocycles. The number of rotatable bonds is 8. The average Bonchev–Trinajstić information content (AvgIpc) is 2.71. The molecule has 3 N–H and O–H groups in total. The number of nitrogens with one attached hydrogen (secondary N) is 3. The topological polar surface area (TPSA) is 68.8 Å². The van der Waals surface area contributed by atoms with Crippen molar-refractivity contribution >= 4 is 35.8 Å². The quantitative estimate of drug-likeness (QED) is 0.283. The third kappa shape index (κ3) is 9.33. The van der Waals surface area contributed by atoms with E-state index in [4.69, 9.17) is 0 Å². The van der Waals surface area contributed by atoms with E-state index in [-0.39, 0.29) is 29.9 Å². The van der Waals surface area contributed by atoms with Crippen LogP contribution in [0, 0.1) is 6.92 Å². The van der Waals surface area contributed by atoms with E-state index >= 15 is 0 Å². The minimum Gasteiger partial charge on any atom is -0.356 e. The van der Waals surface area contributed by atoms with E-state index in [0.29, 0.717) is 18.5 Å². The largest absolute Gasteiger partial charge is 0.356 e. The average molecular weight is 515 g/mol. The molecule has 1 aliphatic heterocycles. The van der Waals surface area contributed by atoms with Crippen LogP contribution in [-0.4, -0.2) is 62.6 Å². The molecular weight excluding hydrogens is 477 g/mol. The van der Waals surface area contributed by atoms with Gasteiger partial charge in [-0.25, -0.2) is 0 Å². The van der Waals surface area contributed by atoms with Gasteiger partial charge in [0.2, 0.25) is 5.91 Å². The molecular formula is C22H38IN5O. The van der Waals surface area contributed by atoms with E-state index in [1.807, 2.05) is 7.05 Å². The van der Waals surface area contributed by atoms with Crippen molar-refractivity contribution in [3.8, 4) is 0 Å². The van der Waals surface area contributed by atoms with Gasteiger partial charge in [0.25, 0.3) is 0 Å². The summed E-state index contributed by atoms with van der Waals surface area (Å²) in [6.07, 6.45) is 3.02. The van der Waals surface area contributed by atoms with Crippen LogP contribution in [0.25, 0.3) is 0 Å². The summed E-state index contributed by atoms with van der Waals surface area (Å²) in [5.74, 6) is 1.41. The fraction of sp³-hybridized carbons (Fsp3) is 0.636. The molecule has 0 saturated carbocycles. The molecule has 2 rings (SSSR count). The molecule has 1 aromatic carbocycles. The van der Waals surface area contributed by atoms with Gasteiger partial charge in [0.15, 0.2) is 5.96 Å². The van der Waals surface area contributed by atoms with E-state index < -0.39 is 0 Å². The maximum Gasteiger partial charge on any atom is 0.234 e. The minimum absolute atomic E-state index is 0. The summed E-state index contributed by atoms with van der Waals surface area (Å²) in [6.45, 7) is 10.4. The van der Waals surface area contributed by atoms with Gasteiger partial charge in [-0.15, -0.1) is 24.0 Å². The zero-order valence-electron chi connectivity index (χ0n) is 18.3. The molecule has 1 aliphatic rings. The van der Waals surface area contributed by atoms with E-state index in [0.717, 1.165) is 51.4 Å². The van der Waals surface area contributed by atoms with Gasteiger partial charge in [-0.1, -0.05) is 43.7 Å². The number of carbonyl (C=O) groups is 1. The number of hydrogen-bond acceptors (Lipinski definition) is 3. The number of carbonyl (C=O) groups excluding carboxylic acids is 1. The summed E-state index contributed by atoms with van der Waals surface area (Å²) >= 11 is 0. The maximum atomic E-state index is 11.9. The predicted molar refractivity (Wildman–Crippen MR) is 132 cm³/mol. The van der Waals surface area contributed by atoms with Gasteiger partial charge in [-0.05, 0) is 37.7 Å². The fourth-order valence-electron chi connectivity index (χ4n) is 3.41. The second kappa shape index (κ2) is 13.8. The Morgan fingerprint density at radius 3 is 2.45 bits per heavy atom. The minimum atomic E-state index is 0. The molecule has 1 atom stereocenters. The number of nitrogens with zero attached hydrogens (tertiary/aromatic N) is 2. The van der Waals surface area contributed by atoms with Crippen molar-refractivity contribution in [3.05, 3.63) is 35.4 Å². The molecule has 1 amide bonds. The number of likely N-dealkylation sites (tertiary alicyclic amines) is 1. The Morgan fingerprint density at radius 2 is 1.86 bits per heavy atom. The van der Waals surface area contributed by atoms with Crippen LogP contribution in [0.4, 0.5) is 0 Å². The second-order valence-electron chi connectivity index (χ2n) is 7.81. The molecule has 0 aliphatic carbocycles. The Kier molecular flexibility index (Phi) is 12.2. The third-order valence-electron chi connectivity index (χ3n) is 5.31. The molecule has 1 aromatic rings. The summed E-state index contributed by atoms with van der Waals surface area (Å²) in [4.78, 5) is 18.5. The highest BCUT2D eigenvalue weighted by Crippen LogP contribution is 2.15. The molecule has 6 nitrogen and oxygen atoms in total. The second-order valence-corrected chi connectivity index (χ2v) is 7.81. The number of hydrogen-bond donors (Lipinski definition) is 3. The zero-order valence-corrected chi connectivity index (χ0v) is 20.7. The smallest absolute Gasteiger partial charge is 0.234 e. The number of aryl methyl sites for hydroxylation is 1. The van der Waals surface area contributed by atoms with Crippen LogP contribution in [0.5, 0.6) is 0 Å². The predicted octanol–water partition coefficient (Wildman–Crippen LogP) is 2.87. The van der Waals surface area contributed by atoms with Crippen molar-refractivity contribution in [1.29, 1.82) is 0 Å². The lowest BCUT2D eigenvalue weighted by atomic mass is 10.00. The lowest BCUT2D eigenvalue weighted by Crippen LogP contribution is -2.50. The summed E-state index contributed by atoms with van der Waals surface area (Å²) in [5, 5.41) is 9.95. The molecule has 164 valence electrons. The molecule has 0 spiro atoms. The molecule has 29 heavy (non-hydrogen) atoms. The van der Waals surface area contributed by atoms with E-state index in [9.17, 15) is 4.79 Å². The summed E-state index contributed by atoms with van der Waals surface area (Å²) in [5.41, 5.74) is 2.62. The first kappa shape index (κ1) is 25.7. The van der Waals surface area contributed by atoms with Crippen molar-refractivity contribution in [2.75, 3.05) is 39.8 Å². The van der Waals surface area contributed by atoms with Crippen LogP contribution in [0.15, 0.2) is 29.3 Å². The number of halogens is 1. The SMILES string of the molecule is CCCNC(=O)CN1CCC(NC(=NC)NCC(C)c2ccc(C)cc2)CC1.I. The van der Waals surface area contributed by atoms with Gasteiger partial charge < -0.3 is 16.0 Å². The highest BCUT2D eigenvalue weighted by Gasteiger charge is 2.21. The molecule has 0 radical (unpaired) electrons. The van der Waals surface area contributed by atoms with Gasteiger partial charge in [0.1, 0.15) is 0 Å². The van der Waals surface area contributed by atoms with Gasteiger partial charge in [-0.3, -0.25) is 14.7 Å². The van der Waals surface area contributed by atoms with Crippen LogP contribution in [0.2, 0.25) is 0 Å². The Morgan fingerprint density at radius 1 is 1.21 bits per heavy atom. The van der Waals surface area contributed by atoms with Crippen LogP contribution in [-0.2, 0) is 4.79 Å². The monoisotopic (exact) mass is 515 g/mol. The standard InChI is InChI=1S/C22H37N5O.HI/c1-5-12-24-21(28)16-27-13-10-20(11-14-27)26-22(23-4)25-15-18(3)19-8-6-17(2)7-9-19;/h6-9,18,20H,5,10-16H2,1-4H3,(H,24,28)(H2,23,25,26);1H. The van der Waals surface area contributed by atoms with E-state index in [2.05, 4.69) is 70.9 Å². The van der Waals surface area contributed by atoms with Crippen molar-refractivity contribution in [2.24, 2.45) is 4.99 Å². The molecule has 0 aromatic heterocycles. The highest BCUT2D eigenvalue weighted by molar-refractivity contribution is 14.0.